The van der Waals surface area contributed by atoms with Gasteiger partial charge in [0.05, 0.1) is 12.7 Å². The monoisotopic (exact) mass is 223 g/mol. The summed E-state index contributed by atoms with van der Waals surface area (Å²) in [5.41, 5.74) is 0.805. The number of nitrogens with one attached hydrogen (secondary N) is 1. The van der Waals surface area contributed by atoms with Crippen molar-refractivity contribution in [1.29, 1.82) is 0 Å². The quantitative estimate of drug-likeness (QED) is 0.796. The Morgan fingerprint density at radius 3 is 3.25 bits per heavy atom. The number of rotatable bonds is 3. The van der Waals surface area contributed by atoms with Gasteiger partial charge in [-0.05, 0) is 32.4 Å². The van der Waals surface area contributed by atoms with Crippen molar-refractivity contribution in [1.82, 2.24) is 14.9 Å². The molecule has 0 amide bonds. The van der Waals surface area contributed by atoms with Gasteiger partial charge in [-0.15, -0.1) is 0 Å². The maximum Gasteiger partial charge on any atom is 0.309 e. The SMILES string of the molecule is O=C(O)Cc1cncn1C1CCCNCC1. The minimum Gasteiger partial charge on any atom is -0.481 e. The molecule has 5 nitrogen and oxygen atoms in total. The molecule has 2 N–H and O–H groups in total. The highest BCUT2D eigenvalue weighted by Gasteiger charge is 2.17. The van der Waals surface area contributed by atoms with Gasteiger partial charge in [-0.3, -0.25) is 4.79 Å². The van der Waals surface area contributed by atoms with E-state index in [4.69, 9.17) is 5.11 Å². The average Bonchev–Trinajstić information content (AvgIpc) is 2.53. The van der Waals surface area contributed by atoms with Crippen LogP contribution in [0.4, 0.5) is 0 Å². The number of hydrogen-bond donors (Lipinski definition) is 2. The summed E-state index contributed by atoms with van der Waals surface area (Å²) in [5.74, 6) is -0.798. The zero-order valence-corrected chi connectivity index (χ0v) is 9.22. The first-order valence-corrected chi connectivity index (χ1v) is 5.70. The molecule has 1 aliphatic heterocycles. The highest BCUT2D eigenvalue weighted by molar-refractivity contribution is 5.69. The fraction of sp³-hybridized carbons (Fsp3) is 0.636. The third kappa shape index (κ3) is 2.61. The molecule has 88 valence electrons. The molecule has 2 rings (SSSR count). The lowest BCUT2D eigenvalue weighted by molar-refractivity contribution is -0.136. The first-order chi connectivity index (χ1) is 7.77. The lowest BCUT2D eigenvalue weighted by atomic mass is 10.1. The Hall–Kier alpha value is -1.36. The van der Waals surface area contributed by atoms with E-state index in [9.17, 15) is 4.79 Å². The molecule has 1 aliphatic rings. The van der Waals surface area contributed by atoms with Gasteiger partial charge >= 0.3 is 5.97 Å². The third-order valence-corrected chi connectivity index (χ3v) is 3.02. The number of nitrogens with zero attached hydrogens (tertiary/aromatic N) is 2. The fourth-order valence-electron chi connectivity index (χ4n) is 2.23. The Balaban J connectivity index is 2.11. The topological polar surface area (TPSA) is 67.1 Å². The Labute approximate surface area is 94.5 Å². The molecule has 1 saturated heterocycles. The smallest absolute Gasteiger partial charge is 0.309 e. The number of aromatic nitrogens is 2. The molecule has 0 bridgehead atoms. The van der Waals surface area contributed by atoms with Gasteiger partial charge in [0.2, 0.25) is 0 Å². The Kier molecular flexibility index (Phi) is 3.56. The zero-order valence-electron chi connectivity index (χ0n) is 9.22. The molecule has 0 aliphatic carbocycles. The number of carboxylic acid groups (broad SMARTS) is 1. The summed E-state index contributed by atoms with van der Waals surface area (Å²) >= 11 is 0. The number of aliphatic carboxylic acids is 1. The van der Waals surface area contributed by atoms with Gasteiger partial charge in [-0.2, -0.15) is 0 Å². The van der Waals surface area contributed by atoms with Crippen LogP contribution < -0.4 is 5.32 Å². The summed E-state index contributed by atoms with van der Waals surface area (Å²) in [7, 11) is 0. The van der Waals surface area contributed by atoms with Crippen LogP contribution in [0.25, 0.3) is 0 Å². The molecule has 0 radical (unpaired) electrons. The van der Waals surface area contributed by atoms with E-state index in [2.05, 4.69) is 10.3 Å². The van der Waals surface area contributed by atoms with Gasteiger partial charge in [0.15, 0.2) is 0 Å². The second-order valence-electron chi connectivity index (χ2n) is 4.20. The van der Waals surface area contributed by atoms with E-state index < -0.39 is 5.97 Å². The normalized spacial score (nSPS) is 21.6. The van der Waals surface area contributed by atoms with Crippen molar-refractivity contribution in [3.63, 3.8) is 0 Å². The second-order valence-corrected chi connectivity index (χ2v) is 4.20. The molecular formula is C11H17N3O2. The molecule has 1 atom stereocenters. The number of carbonyl (C=O) groups is 1. The van der Waals surface area contributed by atoms with Crippen LogP contribution in [0.1, 0.15) is 31.0 Å². The fourth-order valence-corrected chi connectivity index (χ4v) is 2.23. The van der Waals surface area contributed by atoms with Crippen molar-refractivity contribution in [2.45, 2.75) is 31.7 Å². The van der Waals surface area contributed by atoms with Gasteiger partial charge in [0.1, 0.15) is 0 Å². The van der Waals surface area contributed by atoms with E-state index in [1.54, 1.807) is 12.5 Å². The molecule has 5 heteroatoms. The molecule has 0 spiro atoms. The molecule has 1 aromatic heterocycles. The third-order valence-electron chi connectivity index (χ3n) is 3.02. The van der Waals surface area contributed by atoms with Crippen molar-refractivity contribution < 1.29 is 9.90 Å². The molecule has 16 heavy (non-hydrogen) atoms. The van der Waals surface area contributed by atoms with Gasteiger partial charge in [-0.25, -0.2) is 4.98 Å². The molecule has 1 aromatic rings. The van der Waals surface area contributed by atoms with Gasteiger partial charge < -0.3 is 15.0 Å². The minimum absolute atomic E-state index is 0.0595. The number of carboxylic acids is 1. The van der Waals surface area contributed by atoms with Crippen molar-refractivity contribution in [3.05, 3.63) is 18.2 Å². The van der Waals surface area contributed by atoms with Crippen molar-refractivity contribution in [2.24, 2.45) is 0 Å². The predicted octanol–water partition coefficient (Wildman–Crippen LogP) is 0.825. The average molecular weight is 223 g/mol. The Morgan fingerprint density at radius 1 is 1.56 bits per heavy atom. The maximum absolute atomic E-state index is 10.7. The van der Waals surface area contributed by atoms with E-state index >= 15 is 0 Å². The Bertz CT molecular complexity index is 354. The van der Waals surface area contributed by atoms with Crippen LogP contribution in [0.2, 0.25) is 0 Å². The van der Waals surface area contributed by atoms with Crippen LogP contribution in [0.3, 0.4) is 0 Å². The highest BCUT2D eigenvalue weighted by Crippen LogP contribution is 2.21. The van der Waals surface area contributed by atoms with Crippen LogP contribution in [-0.2, 0) is 11.2 Å². The minimum atomic E-state index is -0.798. The van der Waals surface area contributed by atoms with Gasteiger partial charge in [0, 0.05) is 17.9 Å². The number of hydrogen-bond acceptors (Lipinski definition) is 3. The van der Waals surface area contributed by atoms with Crippen molar-refractivity contribution in [2.75, 3.05) is 13.1 Å². The van der Waals surface area contributed by atoms with E-state index in [0.29, 0.717) is 6.04 Å². The van der Waals surface area contributed by atoms with Gasteiger partial charge in [0.25, 0.3) is 0 Å². The molecular weight excluding hydrogens is 206 g/mol. The van der Waals surface area contributed by atoms with Crippen molar-refractivity contribution >= 4 is 5.97 Å². The lowest BCUT2D eigenvalue weighted by Crippen LogP contribution is -2.16. The largest absolute Gasteiger partial charge is 0.481 e. The predicted molar refractivity (Wildman–Crippen MR) is 59.3 cm³/mol. The van der Waals surface area contributed by atoms with Crippen LogP contribution in [0.15, 0.2) is 12.5 Å². The van der Waals surface area contributed by atoms with E-state index in [1.807, 2.05) is 4.57 Å². The standard InChI is InChI=1S/C11H17N3O2/c15-11(16)6-10-7-13-8-14(10)9-2-1-4-12-5-3-9/h7-9,12H,1-6H2,(H,15,16). The summed E-state index contributed by atoms with van der Waals surface area (Å²) in [4.78, 5) is 14.8. The summed E-state index contributed by atoms with van der Waals surface area (Å²) in [5, 5.41) is 12.2. The van der Waals surface area contributed by atoms with Crippen LogP contribution in [0, 0.1) is 0 Å². The number of imidazole rings is 1. The second kappa shape index (κ2) is 5.12. The van der Waals surface area contributed by atoms with Crippen LogP contribution >= 0.6 is 0 Å². The zero-order chi connectivity index (χ0) is 11.4. The van der Waals surface area contributed by atoms with E-state index in [0.717, 1.165) is 38.0 Å². The summed E-state index contributed by atoms with van der Waals surface area (Å²) < 4.78 is 2.03. The first-order valence-electron chi connectivity index (χ1n) is 5.70. The summed E-state index contributed by atoms with van der Waals surface area (Å²) in [6.07, 6.45) is 6.75. The van der Waals surface area contributed by atoms with E-state index in [1.165, 1.54) is 0 Å². The van der Waals surface area contributed by atoms with E-state index in [-0.39, 0.29) is 6.42 Å². The molecule has 2 heterocycles. The highest BCUT2D eigenvalue weighted by atomic mass is 16.4. The molecule has 1 fully saturated rings. The summed E-state index contributed by atoms with van der Waals surface area (Å²) in [6, 6.07) is 0.395. The lowest BCUT2D eigenvalue weighted by Gasteiger charge is -2.18. The van der Waals surface area contributed by atoms with Crippen LogP contribution in [0.5, 0.6) is 0 Å². The van der Waals surface area contributed by atoms with Crippen LogP contribution in [-0.4, -0.2) is 33.7 Å². The maximum atomic E-state index is 10.7. The van der Waals surface area contributed by atoms with Gasteiger partial charge in [-0.1, -0.05) is 0 Å². The molecule has 1 unspecified atom stereocenters. The first kappa shape index (κ1) is 11.1. The Morgan fingerprint density at radius 2 is 2.44 bits per heavy atom. The molecule has 0 aromatic carbocycles. The molecule has 0 saturated carbocycles. The summed E-state index contributed by atoms with van der Waals surface area (Å²) in [6.45, 7) is 2.05. The van der Waals surface area contributed by atoms with Crippen molar-refractivity contribution in [3.8, 4) is 0 Å².